The molecule has 3 rings (SSSR count). The lowest BCUT2D eigenvalue weighted by molar-refractivity contribution is 0.659. The summed E-state index contributed by atoms with van der Waals surface area (Å²) in [4.78, 5) is 10.7. The Hall–Kier alpha value is -1.85. The van der Waals surface area contributed by atoms with Crippen LogP contribution in [0.15, 0.2) is 6.20 Å². The summed E-state index contributed by atoms with van der Waals surface area (Å²) < 4.78 is 0. The summed E-state index contributed by atoms with van der Waals surface area (Å²) in [6, 6.07) is 0. The van der Waals surface area contributed by atoms with Crippen molar-refractivity contribution in [2.24, 2.45) is 5.92 Å². The number of fused-ring (bicyclic) bond motifs is 1. The first kappa shape index (κ1) is 9.38. The summed E-state index contributed by atoms with van der Waals surface area (Å²) in [6.45, 7) is 4.30. The highest BCUT2D eigenvalue weighted by Crippen LogP contribution is 2.27. The van der Waals surface area contributed by atoms with E-state index in [0.717, 1.165) is 24.3 Å². The van der Waals surface area contributed by atoms with E-state index in [1.807, 2.05) is 0 Å². The molecule has 1 unspecified atom stereocenters. The van der Waals surface area contributed by atoms with Gasteiger partial charge in [0.25, 0.3) is 0 Å². The molecule has 0 bridgehead atoms. The number of hydrogen-bond acceptors (Lipinski definition) is 5. The van der Waals surface area contributed by atoms with E-state index in [0.29, 0.717) is 17.5 Å². The van der Waals surface area contributed by atoms with Crippen LogP contribution in [0.5, 0.6) is 0 Å². The molecule has 0 saturated carbocycles. The van der Waals surface area contributed by atoms with Crippen LogP contribution in [0.1, 0.15) is 13.3 Å². The number of hydrogen-bond donors (Lipinski definition) is 2. The third kappa shape index (κ3) is 1.37. The average molecular weight is 218 g/mol. The molecule has 1 fully saturated rings. The molecular weight excluding hydrogens is 204 g/mol. The third-order valence-corrected chi connectivity index (χ3v) is 3.03. The fourth-order valence-corrected chi connectivity index (χ4v) is 2.20. The maximum Gasteiger partial charge on any atom is 0.224 e. The van der Waals surface area contributed by atoms with Crippen molar-refractivity contribution in [1.29, 1.82) is 0 Å². The zero-order valence-corrected chi connectivity index (χ0v) is 9.14. The van der Waals surface area contributed by atoms with Gasteiger partial charge in [0.15, 0.2) is 5.65 Å². The van der Waals surface area contributed by atoms with Crippen molar-refractivity contribution in [2.45, 2.75) is 13.3 Å². The highest BCUT2D eigenvalue weighted by molar-refractivity contribution is 5.87. The van der Waals surface area contributed by atoms with Gasteiger partial charge in [0, 0.05) is 13.1 Å². The number of aromatic amines is 1. The minimum atomic E-state index is 0.298. The first-order valence-corrected chi connectivity index (χ1v) is 5.45. The molecule has 0 aliphatic carbocycles. The molecular formula is C10H14N6. The standard InChI is InChI=1S/C10H14N6/c1-6-2-3-16(5-6)9-7-4-12-15-8(7)13-10(11)14-9/h4,6H,2-3,5H2,1H3,(H3,11,12,13,14,15). The number of nitrogens with two attached hydrogens (primary N) is 1. The van der Waals surface area contributed by atoms with E-state index < -0.39 is 0 Å². The smallest absolute Gasteiger partial charge is 0.224 e. The second-order valence-corrected chi connectivity index (χ2v) is 4.38. The zero-order chi connectivity index (χ0) is 11.1. The summed E-state index contributed by atoms with van der Waals surface area (Å²) in [5, 5.41) is 7.76. The summed E-state index contributed by atoms with van der Waals surface area (Å²) >= 11 is 0. The van der Waals surface area contributed by atoms with Crippen LogP contribution in [0.4, 0.5) is 11.8 Å². The molecule has 2 aromatic heterocycles. The minimum absolute atomic E-state index is 0.298. The Labute approximate surface area is 92.9 Å². The molecule has 2 aromatic rings. The van der Waals surface area contributed by atoms with Crippen LogP contribution in [-0.4, -0.2) is 33.3 Å². The summed E-state index contributed by atoms with van der Waals surface area (Å²) in [5.41, 5.74) is 6.40. The van der Waals surface area contributed by atoms with Crippen LogP contribution >= 0.6 is 0 Å². The maximum atomic E-state index is 5.69. The van der Waals surface area contributed by atoms with E-state index >= 15 is 0 Å². The lowest BCUT2D eigenvalue weighted by Gasteiger charge is -2.17. The molecule has 3 heterocycles. The third-order valence-electron chi connectivity index (χ3n) is 3.03. The van der Waals surface area contributed by atoms with E-state index in [-0.39, 0.29) is 0 Å². The minimum Gasteiger partial charge on any atom is -0.368 e. The van der Waals surface area contributed by atoms with Gasteiger partial charge in [-0.3, -0.25) is 5.10 Å². The van der Waals surface area contributed by atoms with Crippen LogP contribution in [0, 0.1) is 5.92 Å². The summed E-state index contributed by atoms with van der Waals surface area (Å²) in [6.07, 6.45) is 2.95. The van der Waals surface area contributed by atoms with E-state index in [4.69, 9.17) is 5.73 Å². The van der Waals surface area contributed by atoms with Crippen molar-refractivity contribution >= 4 is 22.8 Å². The number of nitrogen functional groups attached to an aromatic ring is 1. The first-order chi connectivity index (χ1) is 7.74. The Bertz CT molecular complexity index is 519. The van der Waals surface area contributed by atoms with Crippen LogP contribution < -0.4 is 10.6 Å². The van der Waals surface area contributed by atoms with Gasteiger partial charge in [-0.1, -0.05) is 6.92 Å². The number of anilines is 2. The molecule has 1 aliphatic heterocycles. The maximum absolute atomic E-state index is 5.69. The van der Waals surface area contributed by atoms with E-state index in [1.54, 1.807) is 6.20 Å². The summed E-state index contributed by atoms with van der Waals surface area (Å²) in [5.74, 6) is 1.91. The molecule has 1 aliphatic rings. The lowest BCUT2D eigenvalue weighted by Crippen LogP contribution is -2.21. The molecule has 0 amide bonds. The van der Waals surface area contributed by atoms with Crippen molar-refractivity contribution in [2.75, 3.05) is 23.7 Å². The van der Waals surface area contributed by atoms with Crippen LogP contribution in [-0.2, 0) is 0 Å². The van der Waals surface area contributed by atoms with Crippen molar-refractivity contribution in [3.63, 3.8) is 0 Å². The van der Waals surface area contributed by atoms with Crippen molar-refractivity contribution in [3.05, 3.63) is 6.20 Å². The van der Waals surface area contributed by atoms with Gasteiger partial charge in [-0.15, -0.1) is 0 Å². The van der Waals surface area contributed by atoms with Gasteiger partial charge in [-0.25, -0.2) is 0 Å². The number of aromatic nitrogens is 4. The van der Waals surface area contributed by atoms with E-state index in [9.17, 15) is 0 Å². The van der Waals surface area contributed by atoms with Crippen molar-refractivity contribution in [1.82, 2.24) is 20.2 Å². The van der Waals surface area contributed by atoms with Crippen molar-refractivity contribution < 1.29 is 0 Å². The van der Waals surface area contributed by atoms with Gasteiger partial charge in [-0.05, 0) is 12.3 Å². The molecule has 1 atom stereocenters. The van der Waals surface area contributed by atoms with Gasteiger partial charge in [0.2, 0.25) is 5.95 Å². The van der Waals surface area contributed by atoms with Crippen LogP contribution in [0.2, 0.25) is 0 Å². The predicted octanol–water partition coefficient (Wildman–Crippen LogP) is 0.781. The van der Waals surface area contributed by atoms with E-state index in [1.165, 1.54) is 6.42 Å². The number of nitrogens with zero attached hydrogens (tertiary/aromatic N) is 4. The Morgan fingerprint density at radius 1 is 1.50 bits per heavy atom. The largest absolute Gasteiger partial charge is 0.368 e. The second kappa shape index (κ2) is 3.33. The normalized spacial score (nSPS) is 20.8. The fraction of sp³-hybridized carbons (Fsp3) is 0.500. The number of rotatable bonds is 1. The lowest BCUT2D eigenvalue weighted by atomic mass is 10.2. The van der Waals surface area contributed by atoms with Gasteiger partial charge in [0.05, 0.1) is 11.6 Å². The number of H-pyrrole nitrogens is 1. The molecule has 1 saturated heterocycles. The Kier molecular flexibility index (Phi) is 1.95. The molecule has 6 heteroatoms. The van der Waals surface area contributed by atoms with Crippen molar-refractivity contribution in [3.8, 4) is 0 Å². The number of nitrogens with one attached hydrogen (secondary N) is 1. The average Bonchev–Trinajstić information content (AvgIpc) is 2.84. The highest BCUT2D eigenvalue weighted by atomic mass is 15.2. The second-order valence-electron chi connectivity index (χ2n) is 4.38. The fourth-order valence-electron chi connectivity index (χ4n) is 2.20. The quantitative estimate of drug-likeness (QED) is 0.739. The van der Waals surface area contributed by atoms with Gasteiger partial charge in [0.1, 0.15) is 5.82 Å². The molecule has 0 aromatic carbocycles. The Morgan fingerprint density at radius 3 is 3.12 bits per heavy atom. The molecule has 0 radical (unpaired) electrons. The van der Waals surface area contributed by atoms with Crippen LogP contribution in [0.3, 0.4) is 0 Å². The molecule has 0 spiro atoms. The first-order valence-electron chi connectivity index (χ1n) is 5.45. The topological polar surface area (TPSA) is 83.7 Å². The molecule has 6 nitrogen and oxygen atoms in total. The SMILES string of the molecule is CC1CCN(c2nc(N)nc3[nH]ncc23)C1. The monoisotopic (exact) mass is 218 g/mol. The predicted molar refractivity (Wildman–Crippen MR) is 62.1 cm³/mol. The summed E-state index contributed by atoms with van der Waals surface area (Å²) in [7, 11) is 0. The highest BCUT2D eigenvalue weighted by Gasteiger charge is 2.22. The molecule has 84 valence electrons. The Balaban J connectivity index is 2.11. The van der Waals surface area contributed by atoms with Gasteiger partial charge >= 0.3 is 0 Å². The molecule has 3 N–H and O–H groups in total. The van der Waals surface area contributed by atoms with E-state index in [2.05, 4.69) is 32.0 Å². The van der Waals surface area contributed by atoms with Gasteiger partial charge < -0.3 is 10.6 Å². The van der Waals surface area contributed by atoms with Crippen LogP contribution in [0.25, 0.3) is 11.0 Å². The molecule has 16 heavy (non-hydrogen) atoms. The Morgan fingerprint density at radius 2 is 2.38 bits per heavy atom. The van der Waals surface area contributed by atoms with Gasteiger partial charge in [-0.2, -0.15) is 15.1 Å². The zero-order valence-electron chi connectivity index (χ0n) is 9.14.